The zero-order chi connectivity index (χ0) is 0. The van der Waals surface area contributed by atoms with Gasteiger partial charge in [-0.15, -0.1) is 0 Å². The van der Waals surface area contributed by atoms with Crippen molar-refractivity contribution < 1.29 is 17.4 Å². The first-order chi connectivity index (χ1) is 0. The van der Waals surface area contributed by atoms with E-state index >= 15 is 0 Å². The van der Waals surface area contributed by atoms with Crippen molar-refractivity contribution in [3.8, 4) is 0 Å². The first-order valence-electron chi connectivity index (χ1n) is 0. The molecule has 0 fully saturated rings. The van der Waals surface area contributed by atoms with Crippen LogP contribution in [-0.2, 0) is 17.4 Å². The van der Waals surface area contributed by atoms with Crippen molar-refractivity contribution in [3.05, 3.63) is 0 Å². The largest absolute Gasteiger partial charge is 0.0149 e. The van der Waals surface area contributed by atoms with Gasteiger partial charge in [0, 0.05) is 17.4 Å². The normalized spacial score (nSPS) is 0. The Morgan fingerprint density at radius 3 is 1.00 bits per heavy atom. The van der Waals surface area contributed by atoms with E-state index in [4.69, 9.17) is 0 Å². The fourth-order valence-corrected chi connectivity index (χ4v) is 0. The summed E-state index contributed by atoms with van der Waals surface area (Å²) in [6, 6.07) is 0. The Hall–Kier alpha value is 2.54. The molecule has 0 spiro atoms. The van der Waals surface area contributed by atoms with Crippen LogP contribution in [0.4, 0.5) is 0 Å². The van der Waals surface area contributed by atoms with Crippen LogP contribution in [0.3, 0.4) is 0 Å². The van der Waals surface area contributed by atoms with Crippen molar-refractivity contribution in [1.29, 1.82) is 0 Å². The van der Waals surface area contributed by atoms with Gasteiger partial charge in [-0.05, 0) is 11.0 Å². The van der Waals surface area contributed by atoms with Crippen molar-refractivity contribution >= 4 is 66.1 Å². The molecule has 0 aliphatic rings. The number of hydrogen-bond donors (Lipinski definition) is 0. The maximum Gasteiger partial charge on any atom is 0 e. The van der Waals surface area contributed by atoms with Crippen molar-refractivity contribution in [2.45, 2.75) is 0 Å². The Morgan fingerprint density at radius 1 is 1.00 bits per heavy atom. The maximum atomic E-state index is 0. The Bertz CT molecular complexity index is 8.00. The summed E-state index contributed by atoms with van der Waals surface area (Å²) in [4.78, 5) is 0. The summed E-state index contributed by atoms with van der Waals surface area (Å²) in [6.45, 7) is 0. The molecule has 0 heterocycles. The van der Waals surface area contributed by atoms with Crippen molar-refractivity contribution in [3.63, 3.8) is 0 Å². The van der Waals surface area contributed by atoms with Crippen LogP contribution in [0.1, 0.15) is 0 Å². The summed E-state index contributed by atoms with van der Waals surface area (Å²) < 4.78 is 0. The van der Waals surface area contributed by atoms with Crippen LogP contribution in [0.2, 0.25) is 0 Å². The van der Waals surface area contributed by atoms with E-state index in [0.29, 0.717) is 0 Å². The third kappa shape index (κ3) is 8.82. The first kappa shape index (κ1) is 31.1. The van der Waals surface area contributed by atoms with Gasteiger partial charge >= 0.3 is 37.7 Å². The van der Waals surface area contributed by atoms with E-state index in [9.17, 15) is 0 Å². The van der Waals surface area contributed by atoms with Crippen molar-refractivity contribution in [2.75, 3.05) is 0 Å². The predicted molar refractivity (Wildman–Crippen MR) is 29.8 cm³/mol. The zero-order valence-electron chi connectivity index (χ0n) is 0.408. The molecule has 0 radical (unpaired) electrons. The van der Waals surface area contributed by atoms with Gasteiger partial charge in [-0.2, -0.15) is 0 Å². The molecule has 0 saturated heterocycles. The van der Waals surface area contributed by atoms with Crippen LogP contribution in [0.5, 0.6) is 0 Å². The van der Waals surface area contributed by atoms with Gasteiger partial charge in [0.2, 0.25) is 0 Å². The van der Waals surface area contributed by atoms with Crippen molar-refractivity contribution in [2.24, 2.45) is 0 Å². The molecular weight excluding hydrogens is 147 g/mol. The zero-order valence-corrected chi connectivity index (χ0v) is 1.68. The summed E-state index contributed by atoms with van der Waals surface area (Å²) in [6.07, 6.45) is 0. The third-order valence-corrected chi connectivity index (χ3v) is 0. The minimum atomic E-state index is 0. The van der Waals surface area contributed by atoms with E-state index < -0.39 is 0 Å². The molecule has 4 heteroatoms. The first-order valence-corrected chi connectivity index (χ1v) is 0. The van der Waals surface area contributed by atoms with Gasteiger partial charge in [0.1, 0.15) is 0 Å². The summed E-state index contributed by atoms with van der Waals surface area (Å²) >= 11 is 0. The van der Waals surface area contributed by atoms with Crippen LogP contribution >= 0.6 is 0 Å². The van der Waals surface area contributed by atoms with Crippen molar-refractivity contribution in [1.82, 2.24) is 0 Å². The molecule has 0 rings (SSSR count). The molecule has 0 aromatic rings. The smallest absolute Gasteiger partial charge is 0 e. The quantitative estimate of drug-likeness (QED) is 0.319. The Labute approximate surface area is 82.0 Å². The molecule has 0 atom stereocenters. The van der Waals surface area contributed by atoms with E-state index in [-0.39, 0.29) is 83.4 Å². The molecule has 0 amide bonds. The Kier molecular flexibility index (Phi) is 138. The summed E-state index contributed by atoms with van der Waals surface area (Å²) in [5.41, 5.74) is 0. The molecule has 24 valence electrons. The molecule has 0 aliphatic carbocycles. The second kappa shape index (κ2) is 17.7. The van der Waals surface area contributed by atoms with E-state index in [0.717, 1.165) is 0 Å². The average Bonchev–Trinajstić information content (AvgIpc) is 0. The van der Waals surface area contributed by atoms with Gasteiger partial charge in [0.05, 0.1) is 0 Å². The molecule has 4 heavy (non-hydrogen) atoms. The molecule has 0 saturated carbocycles. The predicted octanol–water partition coefficient (Wildman–Crippen LogP) is -3.55. The molecule has 0 nitrogen and oxygen atoms in total. The summed E-state index contributed by atoms with van der Waals surface area (Å²) in [7, 11) is 0. The van der Waals surface area contributed by atoms with Crippen LogP contribution in [0.25, 0.3) is 0 Å². The minimum absolute atomic E-state index is 0. The maximum absolute atomic E-state index is 0. The topological polar surface area (TPSA) is 0 Å². The molecular formula is H9AlCaCrSi. The average molecular weight is 156 g/mol. The number of hydrogen-bond acceptors (Lipinski definition) is 0. The number of rotatable bonds is 0. The van der Waals surface area contributed by atoms with Gasteiger partial charge in [0.15, 0.2) is 17.4 Å². The van der Waals surface area contributed by atoms with Gasteiger partial charge in [-0.1, -0.05) is 0 Å². The van der Waals surface area contributed by atoms with Crippen LogP contribution in [0, 0.1) is 0 Å². The Morgan fingerprint density at radius 2 is 1.00 bits per heavy atom. The summed E-state index contributed by atoms with van der Waals surface area (Å²) in [5.74, 6) is 0. The van der Waals surface area contributed by atoms with Gasteiger partial charge in [-0.25, -0.2) is 0 Å². The minimum Gasteiger partial charge on any atom is -0.0149 e. The fraction of sp³-hybridized carbons (Fsp3) is 0. The molecule has 0 N–H and O–H groups in total. The van der Waals surface area contributed by atoms with Gasteiger partial charge in [0.25, 0.3) is 0 Å². The molecule has 0 aliphatic heterocycles. The fourth-order valence-electron chi connectivity index (χ4n) is 0. The van der Waals surface area contributed by atoms with E-state index in [2.05, 4.69) is 0 Å². The molecule has 0 aromatic heterocycles. The second-order valence-electron chi connectivity index (χ2n) is 0. The molecule has 0 bridgehead atoms. The summed E-state index contributed by atoms with van der Waals surface area (Å²) in [5, 5.41) is 0. The van der Waals surface area contributed by atoms with E-state index in [1.165, 1.54) is 0 Å². The van der Waals surface area contributed by atoms with Gasteiger partial charge < -0.3 is 0 Å². The Balaban J connectivity index is 0. The second-order valence-corrected chi connectivity index (χ2v) is 0. The monoisotopic (exact) mass is 156 g/mol. The SMILES string of the molecule is [AlH3].[CaH2].[Cr].[SiH4]. The molecule has 0 unspecified atom stereocenters. The van der Waals surface area contributed by atoms with Crippen LogP contribution in [-0.4, -0.2) is 66.1 Å². The van der Waals surface area contributed by atoms with Gasteiger partial charge in [-0.3, -0.25) is 0 Å². The van der Waals surface area contributed by atoms with Crippen LogP contribution < -0.4 is 0 Å². The third-order valence-electron chi connectivity index (χ3n) is 0. The van der Waals surface area contributed by atoms with E-state index in [1.54, 1.807) is 0 Å². The molecule has 0 aromatic carbocycles. The van der Waals surface area contributed by atoms with Crippen LogP contribution in [0.15, 0.2) is 0 Å². The van der Waals surface area contributed by atoms with E-state index in [1.807, 2.05) is 0 Å². The standard InChI is InChI=1S/Al.Ca.Cr.H4Si.5H/h;;;1H4;;;;;.